The summed E-state index contributed by atoms with van der Waals surface area (Å²) < 4.78 is 25.9. The standard InChI is InChI=1S/C25H27ClN2O3S/c1-19(11-12-20-7-4-3-5-8-20)27-25(29)22-15-13-21(14-16-22)18-28(32(2,30)31)24-10-6-9-23(26)17-24/h3-10,13-17,19H,11-12,18H2,1-2H3,(H,27,29)/t19-/m0/s1. The largest absolute Gasteiger partial charge is 0.350 e. The van der Waals surface area contributed by atoms with Crippen LogP contribution in [0, 0.1) is 0 Å². The summed E-state index contributed by atoms with van der Waals surface area (Å²) in [5.74, 6) is -0.146. The van der Waals surface area contributed by atoms with Gasteiger partial charge in [0.2, 0.25) is 10.0 Å². The molecular formula is C25H27ClN2O3S. The number of amides is 1. The molecular weight excluding hydrogens is 444 g/mol. The summed E-state index contributed by atoms with van der Waals surface area (Å²) in [6.45, 7) is 2.14. The molecule has 1 N–H and O–H groups in total. The number of hydrogen-bond donors (Lipinski definition) is 1. The minimum atomic E-state index is -3.51. The first-order chi connectivity index (χ1) is 15.2. The fourth-order valence-electron chi connectivity index (χ4n) is 3.37. The molecule has 5 nitrogen and oxygen atoms in total. The molecule has 3 aromatic carbocycles. The summed E-state index contributed by atoms with van der Waals surface area (Å²) in [5.41, 5.74) is 3.04. The molecule has 0 aliphatic rings. The van der Waals surface area contributed by atoms with Crippen molar-refractivity contribution >= 4 is 33.2 Å². The summed E-state index contributed by atoms with van der Waals surface area (Å²) in [7, 11) is -3.51. The molecule has 32 heavy (non-hydrogen) atoms. The van der Waals surface area contributed by atoms with E-state index in [4.69, 9.17) is 11.6 Å². The summed E-state index contributed by atoms with van der Waals surface area (Å²) >= 11 is 6.03. The molecule has 1 atom stereocenters. The van der Waals surface area contributed by atoms with Gasteiger partial charge in [-0.25, -0.2) is 8.42 Å². The average molecular weight is 471 g/mol. The Bertz CT molecular complexity index is 1150. The highest BCUT2D eigenvalue weighted by Gasteiger charge is 2.18. The van der Waals surface area contributed by atoms with Crippen molar-refractivity contribution in [2.75, 3.05) is 10.6 Å². The lowest BCUT2D eigenvalue weighted by Crippen LogP contribution is -2.33. The number of nitrogens with one attached hydrogen (secondary N) is 1. The van der Waals surface area contributed by atoms with Gasteiger partial charge in [-0.15, -0.1) is 0 Å². The monoisotopic (exact) mass is 470 g/mol. The number of halogens is 1. The fourth-order valence-corrected chi connectivity index (χ4v) is 4.43. The van der Waals surface area contributed by atoms with Gasteiger partial charge in [0.05, 0.1) is 18.5 Å². The highest BCUT2D eigenvalue weighted by molar-refractivity contribution is 7.92. The van der Waals surface area contributed by atoms with Crippen LogP contribution in [0.15, 0.2) is 78.9 Å². The molecule has 7 heteroatoms. The van der Waals surface area contributed by atoms with Crippen molar-refractivity contribution in [1.29, 1.82) is 0 Å². The third-order valence-corrected chi connectivity index (χ3v) is 6.50. The highest BCUT2D eigenvalue weighted by atomic mass is 35.5. The number of sulfonamides is 1. The first-order valence-electron chi connectivity index (χ1n) is 10.4. The van der Waals surface area contributed by atoms with Gasteiger partial charge in [0.1, 0.15) is 0 Å². The van der Waals surface area contributed by atoms with Crippen LogP contribution in [0.1, 0.15) is 34.8 Å². The molecule has 0 unspecified atom stereocenters. The van der Waals surface area contributed by atoms with E-state index in [-0.39, 0.29) is 18.5 Å². The van der Waals surface area contributed by atoms with E-state index in [2.05, 4.69) is 17.4 Å². The molecule has 0 aliphatic heterocycles. The number of aryl methyl sites for hydroxylation is 1. The minimum Gasteiger partial charge on any atom is -0.350 e. The number of nitrogens with zero attached hydrogens (tertiary/aromatic N) is 1. The lowest BCUT2D eigenvalue weighted by molar-refractivity contribution is 0.0938. The van der Waals surface area contributed by atoms with Gasteiger partial charge < -0.3 is 5.32 Å². The van der Waals surface area contributed by atoms with Crippen LogP contribution in [0.4, 0.5) is 5.69 Å². The van der Waals surface area contributed by atoms with E-state index in [1.165, 1.54) is 9.87 Å². The molecule has 168 valence electrons. The first-order valence-corrected chi connectivity index (χ1v) is 12.6. The minimum absolute atomic E-state index is 0.0333. The lowest BCUT2D eigenvalue weighted by Gasteiger charge is -2.23. The molecule has 0 heterocycles. The molecule has 1 amide bonds. The van der Waals surface area contributed by atoms with Crippen LogP contribution in [-0.4, -0.2) is 26.6 Å². The Balaban J connectivity index is 1.62. The number of rotatable bonds is 9. The molecule has 0 saturated carbocycles. The van der Waals surface area contributed by atoms with Crippen molar-refractivity contribution in [3.63, 3.8) is 0 Å². The van der Waals surface area contributed by atoms with Crippen LogP contribution >= 0.6 is 11.6 Å². The predicted octanol–water partition coefficient (Wildman–Crippen LogP) is 5.06. The van der Waals surface area contributed by atoms with E-state index < -0.39 is 10.0 Å². The molecule has 0 aromatic heterocycles. The van der Waals surface area contributed by atoms with Gasteiger partial charge in [0, 0.05) is 16.6 Å². The van der Waals surface area contributed by atoms with Gasteiger partial charge in [0.25, 0.3) is 5.91 Å². The number of hydrogen-bond acceptors (Lipinski definition) is 3. The van der Waals surface area contributed by atoms with Crippen LogP contribution < -0.4 is 9.62 Å². The molecule has 0 spiro atoms. The van der Waals surface area contributed by atoms with E-state index in [1.807, 2.05) is 25.1 Å². The Kier molecular flexibility index (Phi) is 7.94. The van der Waals surface area contributed by atoms with Gasteiger partial charge in [-0.2, -0.15) is 0 Å². The maximum atomic E-state index is 12.6. The zero-order chi connectivity index (χ0) is 23.1. The summed E-state index contributed by atoms with van der Waals surface area (Å²) in [6, 6.07) is 23.9. The first kappa shape index (κ1) is 23.8. The molecule has 3 rings (SSSR count). The van der Waals surface area contributed by atoms with Crippen molar-refractivity contribution in [2.45, 2.75) is 32.4 Å². The van der Waals surface area contributed by atoms with E-state index in [1.54, 1.807) is 48.5 Å². The number of carbonyl (C=O) groups excluding carboxylic acids is 1. The van der Waals surface area contributed by atoms with Crippen molar-refractivity contribution in [3.8, 4) is 0 Å². The van der Waals surface area contributed by atoms with E-state index in [9.17, 15) is 13.2 Å². The second-order valence-corrected chi connectivity index (χ2v) is 10.2. The fraction of sp³-hybridized carbons (Fsp3) is 0.240. The summed E-state index contributed by atoms with van der Waals surface area (Å²) in [4.78, 5) is 12.6. The maximum Gasteiger partial charge on any atom is 0.251 e. The van der Waals surface area contributed by atoms with Crippen molar-refractivity contribution in [3.05, 3.63) is 101 Å². The van der Waals surface area contributed by atoms with Gasteiger partial charge in [-0.1, -0.05) is 60.1 Å². The van der Waals surface area contributed by atoms with Gasteiger partial charge >= 0.3 is 0 Å². The quantitative estimate of drug-likeness (QED) is 0.475. The average Bonchev–Trinajstić information content (AvgIpc) is 2.76. The Morgan fingerprint density at radius 2 is 1.66 bits per heavy atom. The van der Waals surface area contributed by atoms with Crippen molar-refractivity contribution < 1.29 is 13.2 Å². The highest BCUT2D eigenvalue weighted by Crippen LogP contribution is 2.24. The Morgan fingerprint density at radius 1 is 0.969 bits per heavy atom. The zero-order valence-corrected chi connectivity index (χ0v) is 19.7. The van der Waals surface area contributed by atoms with Crippen molar-refractivity contribution in [2.24, 2.45) is 0 Å². The van der Waals surface area contributed by atoms with Crippen LogP contribution in [0.2, 0.25) is 5.02 Å². The molecule has 0 fully saturated rings. The van der Waals surface area contributed by atoms with Crippen LogP contribution in [-0.2, 0) is 23.0 Å². The second-order valence-electron chi connectivity index (χ2n) is 7.85. The van der Waals surface area contributed by atoms with Gasteiger partial charge in [-0.3, -0.25) is 9.10 Å². The number of benzene rings is 3. The Labute approximate surface area is 195 Å². The molecule has 0 saturated heterocycles. The smallest absolute Gasteiger partial charge is 0.251 e. The topological polar surface area (TPSA) is 66.5 Å². The Hall–Kier alpha value is -2.83. The SMILES string of the molecule is C[C@@H](CCc1ccccc1)NC(=O)c1ccc(CN(c2cccc(Cl)c2)S(C)(=O)=O)cc1. The number of anilines is 1. The third-order valence-electron chi connectivity index (χ3n) is 5.13. The van der Waals surface area contributed by atoms with Crippen molar-refractivity contribution in [1.82, 2.24) is 5.32 Å². The molecule has 0 radical (unpaired) electrons. The normalized spacial score (nSPS) is 12.2. The van der Waals surface area contributed by atoms with Gasteiger partial charge in [-0.05, 0) is 61.2 Å². The predicted molar refractivity (Wildman–Crippen MR) is 131 cm³/mol. The lowest BCUT2D eigenvalue weighted by atomic mass is 10.1. The summed E-state index contributed by atoms with van der Waals surface area (Å²) in [5, 5.41) is 3.49. The maximum absolute atomic E-state index is 12.6. The molecule has 0 bridgehead atoms. The van der Waals surface area contributed by atoms with Gasteiger partial charge in [0.15, 0.2) is 0 Å². The second kappa shape index (κ2) is 10.7. The van der Waals surface area contributed by atoms with Crippen LogP contribution in [0.5, 0.6) is 0 Å². The Morgan fingerprint density at radius 3 is 2.28 bits per heavy atom. The van der Waals surface area contributed by atoms with E-state index >= 15 is 0 Å². The number of carbonyl (C=O) groups is 1. The zero-order valence-electron chi connectivity index (χ0n) is 18.2. The molecule has 0 aliphatic carbocycles. The van der Waals surface area contributed by atoms with E-state index in [0.29, 0.717) is 16.3 Å². The van der Waals surface area contributed by atoms with Crippen LogP contribution in [0.3, 0.4) is 0 Å². The van der Waals surface area contributed by atoms with E-state index in [0.717, 1.165) is 24.7 Å². The summed E-state index contributed by atoms with van der Waals surface area (Å²) in [6.07, 6.45) is 2.90. The van der Waals surface area contributed by atoms with Crippen LogP contribution in [0.25, 0.3) is 0 Å². The molecule has 3 aromatic rings. The third kappa shape index (κ3) is 6.84.